The van der Waals surface area contributed by atoms with E-state index in [0.29, 0.717) is 11.5 Å². The Balaban J connectivity index is 1.88. The van der Waals surface area contributed by atoms with Crippen molar-refractivity contribution in [1.29, 1.82) is 0 Å². The summed E-state index contributed by atoms with van der Waals surface area (Å²) >= 11 is 0. The molecule has 1 fully saturated rings. The van der Waals surface area contributed by atoms with Crippen LogP contribution < -0.4 is 15.4 Å². The molecule has 6 heteroatoms. The smallest absolute Gasteiger partial charge is 0.254 e. The zero-order chi connectivity index (χ0) is 21.3. The van der Waals surface area contributed by atoms with Crippen LogP contribution in [0.1, 0.15) is 52.7 Å². The Kier molecular flexibility index (Phi) is 5.48. The number of ether oxygens (including phenoxy) is 1. The Morgan fingerprint density at radius 2 is 2.10 bits per heavy atom. The van der Waals surface area contributed by atoms with E-state index in [4.69, 9.17) is 4.74 Å². The topological polar surface area (TPSA) is 79.0 Å². The van der Waals surface area contributed by atoms with Crippen LogP contribution in [0.5, 0.6) is 5.75 Å². The highest BCUT2D eigenvalue weighted by Gasteiger charge is 2.29. The summed E-state index contributed by atoms with van der Waals surface area (Å²) in [4.78, 5) is 20.4. The fourth-order valence-electron chi connectivity index (χ4n) is 3.86. The predicted octanol–water partition coefficient (Wildman–Crippen LogP) is 4.94. The second-order valence-corrected chi connectivity index (χ2v) is 7.70. The van der Waals surface area contributed by atoms with Crippen LogP contribution in [-0.4, -0.2) is 30.0 Å². The number of aryl methyl sites for hydroxylation is 1. The van der Waals surface area contributed by atoms with Gasteiger partial charge in [0.15, 0.2) is 0 Å². The molecule has 1 aromatic carbocycles. The predicted molar refractivity (Wildman–Crippen MR) is 120 cm³/mol. The molecule has 1 amide bonds. The minimum absolute atomic E-state index is 0.178. The Bertz CT molecular complexity index is 1070. The molecule has 1 aliphatic carbocycles. The molecule has 1 saturated carbocycles. The van der Waals surface area contributed by atoms with E-state index in [1.54, 1.807) is 20.4 Å². The number of carbonyl (C=O) groups excluding carboxylic acids is 1. The van der Waals surface area contributed by atoms with Crippen LogP contribution in [0, 0.1) is 6.92 Å². The van der Waals surface area contributed by atoms with Gasteiger partial charge in [0.05, 0.1) is 35.4 Å². The van der Waals surface area contributed by atoms with Crippen molar-refractivity contribution in [3.63, 3.8) is 0 Å². The number of H-pyrrole nitrogens is 1. The summed E-state index contributed by atoms with van der Waals surface area (Å²) in [6.45, 7) is 4.14. The third-order valence-corrected chi connectivity index (χ3v) is 5.73. The van der Waals surface area contributed by atoms with Crippen molar-refractivity contribution >= 4 is 17.3 Å². The highest BCUT2D eigenvalue weighted by molar-refractivity contribution is 6.01. The summed E-state index contributed by atoms with van der Waals surface area (Å²) in [5.74, 6) is 1.15. The van der Waals surface area contributed by atoms with E-state index in [2.05, 4.69) is 39.7 Å². The zero-order valence-corrected chi connectivity index (χ0v) is 17.9. The molecule has 2 heterocycles. The molecule has 0 unspecified atom stereocenters. The van der Waals surface area contributed by atoms with E-state index >= 15 is 0 Å². The lowest BCUT2D eigenvalue weighted by molar-refractivity contribution is 0.0963. The highest BCUT2D eigenvalue weighted by atomic mass is 16.5. The third-order valence-electron chi connectivity index (χ3n) is 5.73. The summed E-state index contributed by atoms with van der Waals surface area (Å²) in [6, 6.07) is 8.26. The first-order valence-electron chi connectivity index (χ1n) is 10.4. The van der Waals surface area contributed by atoms with Crippen LogP contribution in [0.25, 0.3) is 11.4 Å². The van der Waals surface area contributed by atoms with Gasteiger partial charge in [0.25, 0.3) is 5.91 Å². The van der Waals surface area contributed by atoms with Crippen molar-refractivity contribution in [1.82, 2.24) is 15.3 Å². The number of benzene rings is 1. The lowest BCUT2D eigenvalue weighted by atomic mass is 10.00. The molecule has 0 aliphatic heterocycles. The lowest BCUT2D eigenvalue weighted by Gasteiger charge is -2.21. The van der Waals surface area contributed by atoms with Gasteiger partial charge in [0.1, 0.15) is 5.75 Å². The van der Waals surface area contributed by atoms with Gasteiger partial charge in [-0.3, -0.25) is 9.78 Å². The Hall–Kier alpha value is -3.28. The standard InChI is InChI=1S/C24H28N4O2/c1-5-15-11-17(16-8-9-16)23(20(12-15)30-4)28-21-14(2)22(19-7-6-10-26-19)27-13-18(21)24(29)25-3/h6-7,10-13,16,26H,5,8-9H2,1-4H3,(H,25,29)(H,27,28). The molecule has 0 bridgehead atoms. The molecule has 156 valence electrons. The van der Waals surface area contributed by atoms with E-state index in [1.165, 1.54) is 24.0 Å². The van der Waals surface area contributed by atoms with Gasteiger partial charge in [0.2, 0.25) is 0 Å². The maximum atomic E-state index is 12.6. The van der Waals surface area contributed by atoms with Crippen LogP contribution in [0.15, 0.2) is 36.7 Å². The molecule has 0 radical (unpaired) electrons. The zero-order valence-electron chi connectivity index (χ0n) is 17.9. The summed E-state index contributed by atoms with van der Waals surface area (Å²) in [5.41, 5.74) is 7.33. The van der Waals surface area contributed by atoms with E-state index in [9.17, 15) is 4.79 Å². The van der Waals surface area contributed by atoms with Crippen molar-refractivity contribution in [2.45, 2.75) is 39.0 Å². The van der Waals surface area contributed by atoms with Crippen LogP contribution in [0.4, 0.5) is 11.4 Å². The second kappa shape index (κ2) is 8.22. The monoisotopic (exact) mass is 404 g/mol. The third kappa shape index (κ3) is 3.65. The van der Waals surface area contributed by atoms with E-state index in [-0.39, 0.29) is 5.91 Å². The van der Waals surface area contributed by atoms with E-state index < -0.39 is 0 Å². The van der Waals surface area contributed by atoms with Crippen molar-refractivity contribution in [3.05, 3.63) is 58.9 Å². The maximum Gasteiger partial charge on any atom is 0.254 e. The first-order chi connectivity index (χ1) is 14.6. The van der Waals surface area contributed by atoms with Gasteiger partial charge in [-0.2, -0.15) is 0 Å². The maximum absolute atomic E-state index is 12.6. The summed E-state index contributed by atoms with van der Waals surface area (Å²) in [6.07, 6.45) is 6.81. The van der Waals surface area contributed by atoms with Crippen molar-refractivity contribution in [2.24, 2.45) is 0 Å². The van der Waals surface area contributed by atoms with E-state index in [1.807, 2.05) is 25.3 Å². The number of amides is 1. The normalized spacial score (nSPS) is 13.2. The quantitative estimate of drug-likeness (QED) is 0.521. The number of anilines is 2. The van der Waals surface area contributed by atoms with Crippen molar-refractivity contribution in [2.75, 3.05) is 19.5 Å². The first-order valence-corrected chi connectivity index (χ1v) is 10.4. The van der Waals surface area contributed by atoms with Gasteiger partial charge in [-0.05, 0) is 61.4 Å². The Morgan fingerprint density at radius 3 is 2.70 bits per heavy atom. The molecule has 0 atom stereocenters. The lowest BCUT2D eigenvalue weighted by Crippen LogP contribution is -2.20. The molecule has 3 aromatic rings. The molecule has 6 nitrogen and oxygen atoms in total. The van der Waals surface area contributed by atoms with Crippen LogP contribution in [-0.2, 0) is 6.42 Å². The molecule has 30 heavy (non-hydrogen) atoms. The molecule has 2 aromatic heterocycles. The number of carbonyl (C=O) groups is 1. The molecule has 4 rings (SSSR count). The summed E-state index contributed by atoms with van der Waals surface area (Å²) < 4.78 is 5.76. The van der Waals surface area contributed by atoms with Gasteiger partial charge in [-0.15, -0.1) is 0 Å². The number of rotatable bonds is 7. The Labute approximate surface area is 177 Å². The summed E-state index contributed by atoms with van der Waals surface area (Å²) in [5, 5.41) is 6.31. The number of hydrogen-bond acceptors (Lipinski definition) is 4. The van der Waals surface area contributed by atoms with Crippen LogP contribution in [0.2, 0.25) is 0 Å². The average Bonchev–Trinajstić information content (AvgIpc) is 3.48. The number of aromatic nitrogens is 2. The minimum Gasteiger partial charge on any atom is -0.495 e. The van der Waals surface area contributed by atoms with Crippen molar-refractivity contribution in [3.8, 4) is 17.1 Å². The number of hydrogen-bond donors (Lipinski definition) is 3. The number of methoxy groups -OCH3 is 1. The second-order valence-electron chi connectivity index (χ2n) is 7.70. The fraction of sp³-hybridized carbons (Fsp3) is 0.333. The highest BCUT2D eigenvalue weighted by Crippen LogP contribution is 2.48. The molecule has 0 saturated heterocycles. The van der Waals surface area contributed by atoms with Gasteiger partial charge < -0.3 is 20.4 Å². The van der Waals surface area contributed by atoms with Crippen molar-refractivity contribution < 1.29 is 9.53 Å². The Morgan fingerprint density at radius 1 is 1.30 bits per heavy atom. The average molecular weight is 405 g/mol. The molecule has 1 aliphatic rings. The largest absolute Gasteiger partial charge is 0.495 e. The minimum atomic E-state index is -0.178. The molecule has 3 N–H and O–H groups in total. The number of nitrogens with one attached hydrogen (secondary N) is 3. The number of aromatic amines is 1. The molecular weight excluding hydrogens is 376 g/mol. The van der Waals surface area contributed by atoms with E-state index in [0.717, 1.165) is 40.5 Å². The molecule has 0 spiro atoms. The first kappa shape index (κ1) is 20.0. The number of nitrogens with zero attached hydrogens (tertiary/aromatic N) is 1. The van der Waals surface area contributed by atoms with Crippen LogP contribution >= 0.6 is 0 Å². The van der Waals surface area contributed by atoms with Crippen LogP contribution in [0.3, 0.4) is 0 Å². The van der Waals surface area contributed by atoms with Gasteiger partial charge >= 0.3 is 0 Å². The molecular formula is C24H28N4O2. The summed E-state index contributed by atoms with van der Waals surface area (Å²) in [7, 11) is 3.33. The number of pyridine rings is 1. The fourth-order valence-corrected chi connectivity index (χ4v) is 3.86. The van der Waals surface area contributed by atoms with Gasteiger partial charge in [-0.1, -0.05) is 13.0 Å². The van der Waals surface area contributed by atoms with Gasteiger partial charge in [-0.25, -0.2) is 0 Å². The SMILES string of the molecule is CCc1cc(OC)c(Nc2c(C(=O)NC)cnc(-c3ccc[nH]3)c2C)c(C2CC2)c1. The van der Waals surface area contributed by atoms with Gasteiger partial charge in [0, 0.05) is 25.0 Å².